The number of rotatable bonds is 4. The molecule has 0 saturated carbocycles. The van der Waals surface area contributed by atoms with Crippen LogP contribution < -0.4 is 5.32 Å². The maximum Gasteiger partial charge on any atom is 0.267 e. The quantitative estimate of drug-likeness (QED) is 0.900. The third kappa shape index (κ3) is 2.59. The lowest BCUT2D eigenvalue weighted by molar-refractivity contribution is -0.138. The summed E-state index contributed by atoms with van der Waals surface area (Å²) in [4.78, 5) is 21.2. The summed E-state index contributed by atoms with van der Waals surface area (Å²) in [5.41, 5.74) is 1.14. The smallest absolute Gasteiger partial charge is 0.267 e. The number of benzene rings is 1. The van der Waals surface area contributed by atoms with Gasteiger partial charge in [-0.2, -0.15) is 0 Å². The number of nitrogens with zero attached hydrogens (tertiary/aromatic N) is 3. The van der Waals surface area contributed by atoms with Gasteiger partial charge in [0.15, 0.2) is 5.79 Å². The summed E-state index contributed by atoms with van der Waals surface area (Å²) in [7, 11) is 0. The molecule has 5 nitrogen and oxygen atoms in total. The first-order valence-electron chi connectivity index (χ1n) is 7.63. The number of nitrogens with one attached hydrogen (secondary N) is 1. The molecule has 3 rings (SSSR count). The Morgan fingerprint density at radius 2 is 1.95 bits per heavy atom. The van der Waals surface area contributed by atoms with Crippen molar-refractivity contribution in [2.24, 2.45) is 4.99 Å². The fourth-order valence-corrected chi connectivity index (χ4v) is 3.23. The lowest BCUT2D eigenvalue weighted by atomic mass is 10.1. The van der Waals surface area contributed by atoms with E-state index in [1.54, 1.807) is 0 Å². The maximum atomic E-state index is 12.3. The number of hydrogen-bond donors (Lipinski definition) is 1. The number of carbonyl (C=O) groups is 1. The molecule has 5 heteroatoms. The van der Waals surface area contributed by atoms with Gasteiger partial charge in [-0.15, -0.1) is 0 Å². The Morgan fingerprint density at radius 1 is 1.24 bits per heavy atom. The minimum atomic E-state index is -0.505. The summed E-state index contributed by atoms with van der Waals surface area (Å²) in [5, 5.41) is 3.36. The standard InChI is InChI=1S/C16H22N4O/c1-2-16(19-10-8-17-9-11-19)18-12-15(21)20(16)13-14-6-4-3-5-7-14/h3-7,12,17H,2,8-11,13H2,1H3. The Kier molecular flexibility index (Phi) is 4.03. The van der Waals surface area contributed by atoms with Crippen molar-refractivity contribution in [3.05, 3.63) is 35.9 Å². The number of piperazine rings is 1. The number of amides is 1. The normalized spacial score (nSPS) is 26.5. The molecule has 1 aromatic rings. The lowest BCUT2D eigenvalue weighted by Gasteiger charge is -2.46. The van der Waals surface area contributed by atoms with E-state index < -0.39 is 5.79 Å². The van der Waals surface area contributed by atoms with Gasteiger partial charge >= 0.3 is 0 Å². The SMILES string of the molecule is CCC1(N2CCNCC2)N=CC(=O)N1Cc1ccccc1. The van der Waals surface area contributed by atoms with Crippen LogP contribution in [0.2, 0.25) is 0 Å². The van der Waals surface area contributed by atoms with Crippen molar-refractivity contribution in [3.8, 4) is 0 Å². The molecule has 0 radical (unpaired) electrons. The van der Waals surface area contributed by atoms with Crippen LogP contribution in [0.25, 0.3) is 0 Å². The second kappa shape index (κ2) is 5.95. The van der Waals surface area contributed by atoms with Crippen LogP contribution in [0.3, 0.4) is 0 Å². The van der Waals surface area contributed by atoms with Gasteiger partial charge in [-0.05, 0) is 5.56 Å². The van der Waals surface area contributed by atoms with Crippen molar-refractivity contribution >= 4 is 12.1 Å². The molecule has 0 aromatic heterocycles. The third-order valence-electron chi connectivity index (χ3n) is 4.36. The van der Waals surface area contributed by atoms with Crippen molar-refractivity contribution < 1.29 is 4.79 Å². The molecule has 1 atom stereocenters. The van der Waals surface area contributed by atoms with Crippen molar-refractivity contribution in [1.29, 1.82) is 0 Å². The summed E-state index contributed by atoms with van der Waals surface area (Å²) in [5.74, 6) is -0.492. The van der Waals surface area contributed by atoms with E-state index in [2.05, 4.69) is 34.3 Å². The Hall–Kier alpha value is -1.72. The molecule has 1 N–H and O–H groups in total. The Bertz CT molecular complexity index is 524. The van der Waals surface area contributed by atoms with Crippen molar-refractivity contribution in [3.63, 3.8) is 0 Å². The topological polar surface area (TPSA) is 47.9 Å². The van der Waals surface area contributed by atoms with Crippen LogP contribution in [-0.2, 0) is 11.3 Å². The van der Waals surface area contributed by atoms with E-state index in [1.165, 1.54) is 6.21 Å². The lowest BCUT2D eigenvalue weighted by Crippen LogP contribution is -2.62. The minimum Gasteiger partial charge on any atom is -0.314 e. The van der Waals surface area contributed by atoms with E-state index in [0.29, 0.717) is 6.54 Å². The highest BCUT2D eigenvalue weighted by Crippen LogP contribution is 2.31. The number of hydrogen-bond acceptors (Lipinski definition) is 4. The first-order chi connectivity index (χ1) is 10.3. The van der Waals surface area contributed by atoms with E-state index in [4.69, 9.17) is 0 Å². The summed E-state index contributed by atoms with van der Waals surface area (Å²) in [6.45, 7) is 6.45. The maximum absolute atomic E-state index is 12.3. The highest BCUT2D eigenvalue weighted by atomic mass is 16.2. The second-order valence-corrected chi connectivity index (χ2v) is 5.53. The van der Waals surface area contributed by atoms with Gasteiger partial charge in [0, 0.05) is 39.1 Å². The van der Waals surface area contributed by atoms with Gasteiger partial charge in [0.05, 0.1) is 6.21 Å². The zero-order chi connectivity index (χ0) is 14.7. The molecule has 21 heavy (non-hydrogen) atoms. The fourth-order valence-electron chi connectivity index (χ4n) is 3.23. The zero-order valence-electron chi connectivity index (χ0n) is 12.5. The predicted octanol–water partition coefficient (Wildman–Crippen LogP) is 1.07. The van der Waals surface area contributed by atoms with Gasteiger partial charge in [0.1, 0.15) is 0 Å². The van der Waals surface area contributed by atoms with Gasteiger partial charge in [0.2, 0.25) is 0 Å². The van der Waals surface area contributed by atoms with Gasteiger partial charge in [-0.25, -0.2) is 4.99 Å². The third-order valence-corrected chi connectivity index (χ3v) is 4.36. The average molecular weight is 286 g/mol. The van der Waals surface area contributed by atoms with Gasteiger partial charge in [-0.3, -0.25) is 14.6 Å². The van der Waals surface area contributed by atoms with Crippen molar-refractivity contribution in [2.75, 3.05) is 26.2 Å². The van der Waals surface area contributed by atoms with E-state index in [0.717, 1.165) is 38.2 Å². The molecule has 1 saturated heterocycles. The van der Waals surface area contributed by atoms with Crippen LogP contribution in [0.5, 0.6) is 0 Å². The van der Waals surface area contributed by atoms with E-state index in [9.17, 15) is 4.79 Å². The van der Waals surface area contributed by atoms with E-state index >= 15 is 0 Å². The van der Waals surface area contributed by atoms with Crippen LogP contribution in [0.15, 0.2) is 35.3 Å². The molecular formula is C16H22N4O. The van der Waals surface area contributed by atoms with Crippen LogP contribution in [-0.4, -0.2) is 53.9 Å². The zero-order valence-corrected chi connectivity index (χ0v) is 12.5. The van der Waals surface area contributed by atoms with Gasteiger partial charge < -0.3 is 5.32 Å². The molecule has 2 aliphatic heterocycles. The van der Waals surface area contributed by atoms with E-state index in [-0.39, 0.29) is 5.91 Å². The highest BCUT2D eigenvalue weighted by Gasteiger charge is 2.46. The molecule has 2 aliphatic rings. The summed E-state index contributed by atoms with van der Waals surface area (Å²) in [6, 6.07) is 10.1. The first-order valence-corrected chi connectivity index (χ1v) is 7.63. The minimum absolute atomic E-state index is 0.0132. The summed E-state index contributed by atoms with van der Waals surface area (Å²) >= 11 is 0. The van der Waals surface area contributed by atoms with Crippen LogP contribution in [0, 0.1) is 0 Å². The molecule has 0 spiro atoms. The van der Waals surface area contributed by atoms with Gasteiger partial charge in [-0.1, -0.05) is 37.3 Å². The van der Waals surface area contributed by atoms with Crippen LogP contribution in [0.4, 0.5) is 0 Å². The monoisotopic (exact) mass is 286 g/mol. The van der Waals surface area contributed by atoms with Gasteiger partial charge in [0.25, 0.3) is 5.91 Å². The molecule has 112 valence electrons. The summed E-state index contributed by atoms with van der Waals surface area (Å²) < 4.78 is 0. The molecule has 1 amide bonds. The largest absolute Gasteiger partial charge is 0.314 e. The fraction of sp³-hybridized carbons (Fsp3) is 0.500. The van der Waals surface area contributed by atoms with Crippen LogP contribution >= 0.6 is 0 Å². The molecular weight excluding hydrogens is 264 g/mol. The van der Waals surface area contributed by atoms with Crippen LogP contribution in [0.1, 0.15) is 18.9 Å². The molecule has 1 fully saturated rings. The number of aliphatic imine (C=N–C) groups is 1. The Balaban J connectivity index is 1.86. The molecule has 1 aromatic carbocycles. The Morgan fingerprint density at radius 3 is 2.62 bits per heavy atom. The Labute approximate surface area is 125 Å². The molecule has 0 aliphatic carbocycles. The molecule has 1 unspecified atom stereocenters. The molecule has 0 bridgehead atoms. The van der Waals surface area contributed by atoms with Crippen molar-refractivity contribution in [2.45, 2.75) is 25.7 Å². The number of carbonyl (C=O) groups excluding carboxylic acids is 1. The average Bonchev–Trinajstić information content (AvgIpc) is 2.87. The predicted molar refractivity (Wildman–Crippen MR) is 82.9 cm³/mol. The van der Waals surface area contributed by atoms with Crippen molar-refractivity contribution in [1.82, 2.24) is 15.1 Å². The first kappa shape index (κ1) is 14.2. The summed E-state index contributed by atoms with van der Waals surface area (Å²) in [6.07, 6.45) is 2.30. The molecule has 2 heterocycles. The van der Waals surface area contributed by atoms with E-state index in [1.807, 2.05) is 23.1 Å². The highest BCUT2D eigenvalue weighted by molar-refractivity contribution is 6.28. The second-order valence-electron chi connectivity index (χ2n) is 5.53.